The molecule has 0 spiro atoms. The van der Waals surface area contributed by atoms with Crippen LogP contribution in [0.5, 0.6) is 0 Å². The number of imidazole rings is 1. The van der Waals surface area contributed by atoms with Crippen LogP contribution in [0.25, 0.3) is 11.0 Å². The Bertz CT molecular complexity index is 543. The van der Waals surface area contributed by atoms with Crippen LogP contribution in [-0.2, 0) is 6.54 Å². The summed E-state index contributed by atoms with van der Waals surface area (Å²) in [6.45, 7) is 1.67. The fourth-order valence-electron chi connectivity index (χ4n) is 1.72. The van der Waals surface area contributed by atoms with Gasteiger partial charge in [0.2, 0.25) is 5.95 Å². The lowest BCUT2D eigenvalue weighted by atomic mass is 10.2. The third-order valence-electron chi connectivity index (χ3n) is 2.55. The monoisotopic (exact) mass is 243 g/mol. The summed E-state index contributed by atoms with van der Waals surface area (Å²) in [5.41, 5.74) is 7.85. The van der Waals surface area contributed by atoms with Gasteiger partial charge in [-0.15, -0.1) is 0 Å². The van der Waals surface area contributed by atoms with Crippen molar-refractivity contribution in [3.63, 3.8) is 0 Å². The Hall–Kier alpha value is -1.72. The van der Waals surface area contributed by atoms with Crippen LogP contribution in [0.1, 0.15) is 12.0 Å². The molecule has 2 N–H and O–H groups in total. The van der Waals surface area contributed by atoms with Crippen molar-refractivity contribution in [2.75, 3.05) is 5.73 Å². The number of anilines is 1. The van der Waals surface area contributed by atoms with Crippen LogP contribution in [0, 0.1) is 6.92 Å². The molecule has 1 heterocycles. The third-order valence-corrected chi connectivity index (χ3v) is 2.55. The summed E-state index contributed by atoms with van der Waals surface area (Å²) < 4.78 is 38.0. The van der Waals surface area contributed by atoms with Crippen LogP contribution in [0.3, 0.4) is 0 Å². The average Bonchev–Trinajstić information content (AvgIpc) is 2.49. The fourth-order valence-corrected chi connectivity index (χ4v) is 1.72. The molecule has 6 heteroatoms. The zero-order valence-electron chi connectivity index (χ0n) is 9.25. The highest BCUT2D eigenvalue weighted by molar-refractivity contribution is 5.79. The Morgan fingerprint density at radius 3 is 2.71 bits per heavy atom. The minimum absolute atomic E-state index is 0.120. The summed E-state index contributed by atoms with van der Waals surface area (Å²) in [4.78, 5) is 4.03. The van der Waals surface area contributed by atoms with E-state index >= 15 is 0 Å². The van der Waals surface area contributed by atoms with E-state index in [9.17, 15) is 13.2 Å². The highest BCUT2D eigenvalue weighted by Gasteiger charge is 2.27. The zero-order chi connectivity index (χ0) is 12.6. The van der Waals surface area contributed by atoms with Gasteiger partial charge in [-0.2, -0.15) is 13.2 Å². The van der Waals surface area contributed by atoms with Crippen LogP contribution in [0.15, 0.2) is 18.2 Å². The van der Waals surface area contributed by atoms with Crippen molar-refractivity contribution >= 4 is 17.0 Å². The third kappa shape index (κ3) is 2.51. The molecule has 0 aliphatic heterocycles. The van der Waals surface area contributed by atoms with Crippen LogP contribution in [-0.4, -0.2) is 15.7 Å². The van der Waals surface area contributed by atoms with Crippen molar-refractivity contribution < 1.29 is 13.2 Å². The standard InChI is InChI=1S/C11H12F3N3/c1-7-2-3-8-9(6-7)17(10(15)16-8)5-4-11(12,13)14/h2-3,6H,4-5H2,1H3,(H2,15,16). The van der Waals surface area contributed by atoms with Gasteiger partial charge in [-0.1, -0.05) is 6.07 Å². The predicted molar refractivity (Wildman–Crippen MR) is 59.6 cm³/mol. The summed E-state index contributed by atoms with van der Waals surface area (Å²) in [7, 11) is 0. The Morgan fingerprint density at radius 2 is 2.06 bits per heavy atom. The smallest absolute Gasteiger partial charge is 0.369 e. The molecule has 2 rings (SSSR count). The second-order valence-electron chi connectivity index (χ2n) is 3.98. The predicted octanol–water partition coefficient (Wildman–Crippen LogP) is 2.88. The normalized spacial score (nSPS) is 12.2. The van der Waals surface area contributed by atoms with Crippen molar-refractivity contribution in [2.45, 2.75) is 26.1 Å². The molecule has 0 saturated heterocycles. The first kappa shape index (κ1) is 11.8. The van der Waals surface area contributed by atoms with Gasteiger partial charge in [0.25, 0.3) is 0 Å². The van der Waals surface area contributed by atoms with Crippen molar-refractivity contribution in [3.05, 3.63) is 23.8 Å². The maximum atomic E-state index is 12.2. The van der Waals surface area contributed by atoms with Gasteiger partial charge < -0.3 is 10.3 Å². The van der Waals surface area contributed by atoms with E-state index in [1.165, 1.54) is 4.57 Å². The topological polar surface area (TPSA) is 43.8 Å². The van der Waals surface area contributed by atoms with E-state index in [4.69, 9.17) is 5.73 Å². The van der Waals surface area contributed by atoms with E-state index in [0.717, 1.165) is 5.56 Å². The molecule has 0 atom stereocenters. The lowest BCUT2D eigenvalue weighted by molar-refractivity contribution is -0.136. The van der Waals surface area contributed by atoms with Crippen molar-refractivity contribution in [2.24, 2.45) is 0 Å². The van der Waals surface area contributed by atoms with Gasteiger partial charge in [-0.3, -0.25) is 0 Å². The van der Waals surface area contributed by atoms with Crippen LogP contribution >= 0.6 is 0 Å². The van der Waals surface area contributed by atoms with E-state index in [1.54, 1.807) is 12.1 Å². The van der Waals surface area contributed by atoms with E-state index in [0.29, 0.717) is 11.0 Å². The number of benzene rings is 1. The molecular weight excluding hydrogens is 231 g/mol. The fraction of sp³-hybridized carbons (Fsp3) is 0.364. The first-order valence-corrected chi connectivity index (χ1v) is 5.16. The molecule has 2 aromatic rings. The van der Waals surface area contributed by atoms with E-state index in [1.807, 2.05) is 13.0 Å². The zero-order valence-corrected chi connectivity index (χ0v) is 9.25. The lowest BCUT2D eigenvalue weighted by Crippen LogP contribution is -2.13. The van der Waals surface area contributed by atoms with Gasteiger partial charge >= 0.3 is 6.18 Å². The highest BCUT2D eigenvalue weighted by Crippen LogP contribution is 2.24. The second kappa shape index (κ2) is 3.94. The van der Waals surface area contributed by atoms with E-state index in [2.05, 4.69) is 4.98 Å². The highest BCUT2D eigenvalue weighted by atomic mass is 19.4. The summed E-state index contributed by atoms with van der Waals surface area (Å²) in [6, 6.07) is 5.39. The van der Waals surface area contributed by atoms with Gasteiger partial charge in [0.05, 0.1) is 17.5 Å². The number of aromatic nitrogens is 2. The second-order valence-corrected chi connectivity index (χ2v) is 3.98. The summed E-state index contributed by atoms with van der Waals surface area (Å²) in [5.74, 6) is 0.120. The summed E-state index contributed by atoms with van der Waals surface area (Å²) >= 11 is 0. The summed E-state index contributed by atoms with van der Waals surface area (Å²) in [6.07, 6.45) is -5.09. The van der Waals surface area contributed by atoms with Crippen molar-refractivity contribution in [1.82, 2.24) is 9.55 Å². The molecule has 1 aromatic carbocycles. The molecule has 1 aromatic heterocycles. The average molecular weight is 243 g/mol. The number of hydrogen-bond donors (Lipinski definition) is 1. The van der Waals surface area contributed by atoms with Crippen molar-refractivity contribution in [3.8, 4) is 0 Å². The first-order valence-electron chi connectivity index (χ1n) is 5.16. The molecule has 0 fully saturated rings. The number of fused-ring (bicyclic) bond motifs is 1. The molecular formula is C11H12F3N3. The Morgan fingerprint density at radius 1 is 1.35 bits per heavy atom. The number of alkyl halides is 3. The largest absolute Gasteiger partial charge is 0.390 e. The lowest BCUT2D eigenvalue weighted by Gasteiger charge is -2.09. The Balaban J connectivity index is 2.38. The van der Waals surface area contributed by atoms with Gasteiger partial charge in [0.15, 0.2) is 0 Å². The molecule has 0 bridgehead atoms. The molecule has 92 valence electrons. The maximum absolute atomic E-state index is 12.2. The van der Waals surface area contributed by atoms with Crippen LogP contribution in [0.4, 0.5) is 19.1 Å². The number of hydrogen-bond acceptors (Lipinski definition) is 2. The van der Waals surface area contributed by atoms with E-state index < -0.39 is 12.6 Å². The molecule has 0 aliphatic carbocycles. The molecule has 0 saturated carbocycles. The van der Waals surface area contributed by atoms with Crippen molar-refractivity contribution in [1.29, 1.82) is 0 Å². The maximum Gasteiger partial charge on any atom is 0.390 e. The van der Waals surface area contributed by atoms with Crippen LogP contribution < -0.4 is 5.73 Å². The van der Waals surface area contributed by atoms with Gasteiger partial charge in [-0.25, -0.2) is 4.98 Å². The van der Waals surface area contributed by atoms with Gasteiger partial charge in [-0.05, 0) is 24.6 Å². The minimum atomic E-state index is -4.19. The van der Waals surface area contributed by atoms with E-state index in [-0.39, 0.29) is 12.5 Å². The minimum Gasteiger partial charge on any atom is -0.369 e. The SMILES string of the molecule is Cc1ccc2nc(N)n(CCC(F)(F)F)c2c1. The number of nitrogens with two attached hydrogens (primary N) is 1. The molecule has 0 aliphatic rings. The molecule has 0 amide bonds. The van der Waals surface area contributed by atoms with Gasteiger partial charge in [0, 0.05) is 6.54 Å². The first-order chi connectivity index (χ1) is 7.87. The van der Waals surface area contributed by atoms with Crippen LogP contribution in [0.2, 0.25) is 0 Å². The number of aryl methyl sites for hydroxylation is 2. The number of rotatable bonds is 2. The number of nitrogens with zero attached hydrogens (tertiary/aromatic N) is 2. The number of halogens is 3. The quantitative estimate of drug-likeness (QED) is 0.881. The summed E-state index contributed by atoms with van der Waals surface area (Å²) in [5, 5.41) is 0. The Labute approximate surface area is 96.0 Å². The molecule has 0 unspecified atom stereocenters. The number of nitrogen functional groups attached to an aromatic ring is 1. The Kier molecular flexibility index (Phi) is 2.73. The molecule has 17 heavy (non-hydrogen) atoms. The molecule has 3 nitrogen and oxygen atoms in total. The molecule has 0 radical (unpaired) electrons. The van der Waals surface area contributed by atoms with Gasteiger partial charge in [0.1, 0.15) is 0 Å².